The summed E-state index contributed by atoms with van der Waals surface area (Å²) in [5.74, 6) is -0.547. The van der Waals surface area contributed by atoms with Gasteiger partial charge in [-0.3, -0.25) is 24.3 Å². The maximum Gasteiger partial charge on any atom is 0.414 e. The van der Waals surface area contributed by atoms with Crippen LogP contribution in [-0.2, 0) is 20.9 Å². The third-order valence-corrected chi connectivity index (χ3v) is 8.55. The fourth-order valence-electron chi connectivity index (χ4n) is 5.82. The van der Waals surface area contributed by atoms with E-state index in [0.717, 1.165) is 42.5 Å². The Morgan fingerprint density at radius 3 is 2.30 bits per heavy atom. The number of carbonyl (C=O) groups excluding carboxylic acids is 3. The number of amides is 2. The second kappa shape index (κ2) is 13.9. The zero-order chi connectivity index (χ0) is 32.0. The summed E-state index contributed by atoms with van der Waals surface area (Å²) in [5.41, 5.74) is 8.86. The first-order valence-corrected chi connectivity index (χ1v) is 15.5. The lowest BCUT2D eigenvalue weighted by Gasteiger charge is -2.37. The van der Waals surface area contributed by atoms with Crippen LogP contribution in [0.1, 0.15) is 28.4 Å². The van der Waals surface area contributed by atoms with E-state index in [0.29, 0.717) is 29.9 Å². The molecule has 0 aliphatic carbocycles. The fraction of sp³-hybridized carbons (Fsp3) is 0.278. The molecule has 2 fully saturated rings. The van der Waals surface area contributed by atoms with Crippen molar-refractivity contribution < 1.29 is 23.9 Å². The number of nitrogens with zero attached hydrogens (tertiary/aromatic N) is 4. The number of hydrogen-bond acceptors (Lipinski definition) is 7. The van der Waals surface area contributed by atoms with Crippen LogP contribution in [0.5, 0.6) is 0 Å². The van der Waals surface area contributed by atoms with Crippen LogP contribution in [-0.4, -0.2) is 85.0 Å². The molecule has 0 spiro atoms. The summed E-state index contributed by atoms with van der Waals surface area (Å²) in [6.07, 6.45) is -0.683. The second-order valence-corrected chi connectivity index (χ2v) is 11.6. The van der Waals surface area contributed by atoms with Gasteiger partial charge in [0, 0.05) is 49.5 Å². The molecule has 2 aliphatic rings. The summed E-state index contributed by atoms with van der Waals surface area (Å²) in [6.45, 7) is 6.14. The molecular weight excluding hydrogens is 582 g/mol. The molecule has 10 heteroatoms. The van der Waals surface area contributed by atoms with Crippen molar-refractivity contribution in [2.75, 3.05) is 44.2 Å². The number of hydrogen-bond donors (Lipinski definition) is 1. The molecule has 2 N–H and O–H groups in total. The van der Waals surface area contributed by atoms with Gasteiger partial charge in [0.25, 0.3) is 5.91 Å². The zero-order valence-electron chi connectivity index (χ0n) is 25.7. The monoisotopic (exact) mass is 619 g/mol. The first-order chi connectivity index (χ1) is 22.3. The maximum absolute atomic E-state index is 12.8. The molecule has 0 radical (unpaired) electrons. The van der Waals surface area contributed by atoms with E-state index >= 15 is 0 Å². The minimum atomic E-state index is -0.420. The van der Waals surface area contributed by atoms with Crippen molar-refractivity contribution in [1.82, 2.24) is 9.80 Å². The van der Waals surface area contributed by atoms with Crippen LogP contribution < -0.4 is 10.6 Å². The number of nitrogens with two attached hydrogens (primary N) is 1. The van der Waals surface area contributed by atoms with Crippen molar-refractivity contribution in [2.24, 2.45) is 10.7 Å². The van der Waals surface area contributed by atoms with Crippen LogP contribution in [0.2, 0.25) is 0 Å². The standard InChI is InChI=1S/C36H37N5O5/c1-25(35(43)45-24-26-7-3-2-4-8-26)40-19-17-39(18-20-40)22-32-23-41(36(44)46-32)31-15-13-28(14-16-31)33(37)38-34(42)30-12-11-27-9-5-6-10-29(27)21-30/h2-16,21,25,32H,17-20,22-24H2,1H3,(H2,37,38,42). The van der Waals surface area contributed by atoms with Gasteiger partial charge in [-0.2, -0.15) is 4.99 Å². The molecule has 4 aromatic carbocycles. The number of ether oxygens (including phenoxy) is 2. The summed E-state index contributed by atoms with van der Waals surface area (Å²) < 4.78 is 11.2. The third-order valence-electron chi connectivity index (χ3n) is 8.55. The lowest BCUT2D eigenvalue weighted by molar-refractivity contribution is -0.151. The lowest BCUT2D eigenvalue weighted by atomic mass is 10.1. The summed E-state index contributed by atoms with van der Waals surface area (Å²) in [4.78, 5) is 48.2. The van der Waals surface area contributed by atoms with E-state index in [1.165, 1.54) is 0 Å². The number of fused-ring (bicyclic) bond motifs is 1. The Balaban J connectivity index is 0.980. The first kappa shape index (κ1) is 30.9. The van der Waals surface area contributed by atoms with Crippen molar-refractivity contribution in [3.8, 4) is 0 Å². The molecule has 10 nitrogen and oxygen atoms in total. The minimum absolute atomic E-state index is 0.101. The highest BCUT2D eigenvalue weighted by molar-refractivity contribution is 6.10. The Morgan fingerprint density at radius 2 is 1.57 bits per heavy atom. The molecule has 4 aromatic rings. The minimum Gasteiger partial charge on any atom is -0.460 e. The molecular formula is C36H37N5O5. The van der Waals surface area contributed by atoms with E-state index in [-0.39, 0.29) is 30.6 Å². The van der Waals surface area contributed by atoms with Crippen LogP contribution in [0, 0.1) is 0 Å². The Morgan fingerprint density at radius 1 is 0.891 bits per heavy atom. The largest absolute Gasteiger partial charge is 0.460 e. The van der Waals surface area contributed by atoms with Crippen LogP contribution >= 0.6 is 0 Å². The Bertz CT molecular complexity index is 1740. The lowest BCUT2D eigenvalue weighted by Crippen LogP contribution is -2.53. The van der Waals surface area contributed by atoms with Gasteiger partial charge >= 0.3 is 12.1 Å². The van der Waals surface area contributed by atoms with E-state index in [2.05, 4.69) is 14.8 Å². The summed E-state index contributed by atoms with van der Waals surface area (Å²) >= 11 is 0. The fourth-order valence-corrected chi connectivity index (χ4v) is 5.82. The van der Waals surface area contributed by atoms with Crippen LogP contribution in [0.15, 0.2) is 102 Å². The number of esters is 1. The molecule has 0 saturated carbocycles. The van der Waals surface area contributed by atoms with Gasteiger partial charge in [-0.15, -0.1) is 0 Å². The maximum atomic E-state index is 12.8. The van der Waals surface area contributed by atoms with E-state index in [9.17, 15) is 14.4 Å². The van der Waals surface area contributed by atoms with Gasteiger partial charge in [0.1, 0.15) is 24.6 Å². The van der Waals surface area contributed by atoms with Gasteiger partial charge in [-0.25, -0.2) is 4.79 Å². The Labute approximate surface area is 268 Å². The molecule has 2 unspecified atom stereocenters. The number of aliphatic imine (C=N–C) groups is 1. The molecule has 2 amide bonds. The topological polar surface area (TPSA) is 118 Å². The molecule has 2 heterocycles. The predicted molar refractivity (Wildman–Crippen MR) is 177 cm³/mol. The first-order valence-electron chi connectivity index (χ1n) is 15.5. The number of anilines is 1. The summed E-state index contributed by atoms with van der Waals surface area (Å²) in [5, 5.41) is 2.00. The van der Waals surface area contributed by atoms with Crippen LogP contribution in [0.4, 0.5) is 10.5 Å². The Hall–Kier alpha value is -5.06. The van der Waals surface area contributed by atoms with Crippen molar-refractivity contribution in [2.45, 2.75) is 25.7 Å². The van der Waals surface area contributed by atoms with Crippen LogP contribution in [0.25, 0.3) is 10.8 Å². The van der Waals surface area contributed by atoms with Crippen molar-refractivity contribution in [3.63, 3.8) is 0 Å². The molecule has 2 saturated heterocycles. The van der Waals surface area contributed by atoms with Gasteiger partial charge < -0.3 is 15.2 Å². The van der Waals surface area contributed by atoms with Crippen molar-refractivity contribution in [1.29, 1.82) is 0 Å². The number of piperazine rings is 1. The van der Waals surface area contributed by atoms with Crippen molar-refractivity contribution >= 4 is 40.3 Å². The highest BCUT2D eigenvalue weighted by Gasteiger charge is 2.35. The number of amidine groups is 1. The highest BCUT2D eigenvalue weighted by atomic mass is 16.6. The van der Waals surface area contributed by atoms with Gasteiger partial charge in [0.15, 0.2) is 0 Å². The zero-order valence-corrected chi connectivity index (χ0v) is 25.7. The predicted octanol–water partition coefficient (Wildman–Crippen LogP) is 4.46. The molecule has 236 valence electrons. The van der Waals surface area contributed by atoms with Gasteiger partial charge in [0.2, 0.25) is 0 Å². The van der Waals surface area contributed by atoms with Gasteiger partial charge in [-0.1, -0.05) is 60.7 Å². The van der Waals surface area contributed by atoms with Crippen molar-refractivity contribution in [3.05, 3.63) is 114 Å². The number of rotatable bonds is 9. The van der Waals surface area contributed by atoms with E-state index < -0.39 is 12.0 Å². The molecule has 2 atom stereocenters. The van der Waals surface area contributed by atoms with E-state index in [4.69, 9.17) is 15.2 Å². The highest BCUT2D eigenvalue weighted by Crippen LogP contribution is 2.23. The van der Waals surface area contributed by atoms with Gasteiger partial charge in [-0.05, 0) is 59.7 Å². The molecule has 2 aliphatic heterocycles. The normalized spacial score (nSPS) is 18.4. The van der Waals surface area contributed by atoms with Crippen LogP contribution in [0.3, 0.4) is 0 Å². The molecule has 6 rings (SSSR count). The SMILES string of the molecule is CC(C(=O)OCc1ccccc1)N1CCN(CC2CN(c3ccc(C(N)=NC(=O)c4ccc5ccccc5c4)cc3)C(=O)O2)CC1. The van der Waals surface area contributed by atoms with E-state index in [1.807, 2.05) is 67.6 Å². The number of carbonyl (C=O) groups is 3. The Kier molecular flexibility index (Phi) is 9.37. The quantitative estimate of drug-likeness (QED) is 0.166. The second-order valence-electron chi connectivity index (χ2n) is 11.6. The average Bonchev–Trinajstić information content (AvgIpc) is 3.46. The van der Waals surface area contributed by atoms with E-state index in [1.54, 1.807) is 41.3 Å². The third kappa shape index (κ3) is 7.25. The molecule has 46 heavy (non-hydrogen) atoms. The number of cyclic esters (lactones) is 1. The molecule has 0 aromatic heterocycles. The summed E-state index contributed by atoms with van der Waals surface area (Å²) in [6, 6.07) is 29.6. The average molecular weight is 620 g/mol. The smallest absolute Gasteiger partial charge is 0.414 e. The molecule has 0 bridgehead atoms. The number of benzene rings is 4. The van der Waals surface area contributed by atoms with Gasteiger partial charge in [0.05, 0.1) is 6.54 Å². The summed E-state index contributed by atoms with van der Waals surface area (Å²) in [7, 11) is 0.